The molecule has 8 heteroatoms. The highest BCUT2D eigenvalue weighted by Crippen LogP contribution is 2.23. The molecule has 27 heavy (non-hydrogen) atoms. The topological polar surface area (TPSA) is 85.1 Å². The Balaban J connectivity index is 1.61. The summed E-state index contributed by atoms with van der Waals surface area (Å²) < 4.78 is 0. The number of aryl methyl sites for hydroxylation is 1. The van der Waals surface area contributed by atoms with E-state index in [0.717, 1.165) is 21.8 Å². The zero-order valence-electron chi connectivity index (χ0n) is 14.4. The molecule has 0 saturated heterocycles. The van der Waals surface area contributed by atoms with Gasteiger partial charge in [-0.1, -0.05) is 35.9 Å². The maximum absolute atomic E-state index is 12.3. The summed E-state index contributed by atoms with van der Waals surface area (Å²) in [5.41, 5.74) is 2.74. The van der Waals surface area contributed by atoms with E-state index < -0.39 is 10.8 Å². The normalized spacial score (nSPS) is 10.6. The number of thiazole rings is 1. The third-order valence-electron chi connectivity index (χ3n) is 3.97. The molecule has 0 radical (unpaired) electrons. The number of nitro groups is 1. The number of benzene rings is 2. The highest BCUT2D eigenvalue weighted by atomic mass is 35.5. The molecular weight excluding hydrogens is 386 g/mol. The van der Waals surface area contributed by atoms with E-state index in [4.69, 9.17) is 11.6 Å². The Morgan fingerprint density at radius 3 is 2.63 bits per heavy atom. The van der Waals surface area contributed by atoms with Crippen molar-refractivity contribution in [2.45, 2.75) is 13.3 Å². The molecule has 0 unspecified atom stereocenters. The monoisotopic (exact) mass is 401 g/mol. The van der Waals surface area contributed by atoms with Gasteiger partial charge in [0.1, 0.15) is 5.56 Å². The molecule has 0 fully saturated rings. The molecule has 1 N–H and O–H groups in total. The van der Waals surface area contributed by atoms with E-state index >= 15 is 0 Å². The van der Waals surface area contributed by atoms with Crippen molar-refractivity contribution in [1.82, 2.24) is 10.3 Å². The average molecular weight is 402 g/mol. The Hall–Kier alpha value is -2.77. The molecule has 3 aromatic rings. The van der Waals surface area contributed by atoms with Gasteiger partial charge < -0.3 is 5.32 Å². The zero-order valence-corrected chi connectivity index (χ0v) is 16.0. The van der Waals surface area contributed by atoms with Gasteiger partial charge in [0.15, 0.2) is 0 Å². The molecule has 3 rings (SSSR count). The summed E-state index contributed by atoms with van der Waals surface area (Å²) in [6, 6.07) is 11.9. The summed E-state index contributed by atoms with van der Waals surface area (Å²) in [5.74, 6) is -0.515. The summed E-state index contributed by atoms with van der Waals surface area (Å²) in [7, 11) is 0. The summed E-state index contributed by atoms with van der Waals surface area (Å²) >= 11 is 7.46. The molecule has 0 aliphatic heterocycles. The predicted octanol–water partition coefficient (Wildman–Crippen LogP) is 4.65. The smallest absolute Gasteiger partial charge is 0.282 e. The molecular formula is C19H16ClN3O3S. The molecule has 2 aromatic carbocycles. The summed E-state index contributed by atoms with van der Waals surface area (Å²) in [6.07, 6.45) is 0.608. The molecule has 138 valence electrons. The van der Waals surface area contributed by atoms with Crippen LogP contribution >= 0.6 is 22.9 Å². The first-order valence-corrected chi connectivity index (χ1v) is 9.43. The summed E-state index contributed by atoms with van der Waals surface area (Å²) in [4.78, 5) is 27.2. The van der Waals surface area contributed by atoms with E-state index in [1.54, 1.807) is 11.3 Å². The minimum atomic E-state index is -0.593. The first-order valence-electron chi connectivity index (χ1n) is 8.17. The Morgan fingerprint density at radius 1 is 1.26 bits per heavy atom. The van der Waals surface area contributed by atoms with E-state index in [0.29, 0.717) is 13.0 Å². The van der Waals surface area contributed by atoms with Crippen molar-refractivity contribution >= 4 is 34.5 Å². The van der Waals surface area contributed by atoms with Gasteiger partial charge >= 0.3 is 0 Å². The van der Waals surface area contributed by atoms with Crippen LogP contribution < -0.4 is 5.32 Å². The SMILES string of the molecule is Cc1nc(-c2ccc(CCNC(=O)c3cc(Cl)ccc3[N+](=O)[O-])cc2)cs1. The lowest BCUT2D eigenvalue weighted by molar-refractivity contribution is -0.385. The Morgan fingerprint density at radius 2 is 2.00 bits per heavy atom. The molecule has 0 saturated carbocycles. The number of rotatable bonds is 6. The molecule has 0 atom stereocenters. The van der Waals surface area contributed by atoms with E-state index in [2.05, 4.69) is 10.3 Å². The lowest BCUT2D eigenvalue weighted by Gasteiger charge is -2.07. The van der Waals surface area contributed by atoms with Crippen LogP contribution in [0.1, 0.15) is 20.9 Å². The van der Waals surface area contributed by atoms with Crippen LogP contribution in [0.5, 0.6) is 0 Å². The first kappa shape index (κ1) is 19.0. The Bertz CT molecular complexity index is 986. The van der Waals surface area contributed by atoms with Gasteiger partial charge in [0.05, 0.1) is 15.6 Å². The van der Waals surface area contributed by atoms with Gasteiger partial charge in [-0.2, -0.15) is 0 Å². The number of hydrogen-bond donors (Lipinski definition) is 1. The standard InChI is InChI=1S/C19H16ClN3O3S/c1-12-22-17(11-27-12)14-4-2-13(3-5-14)8-9-21-19(24)16-10-15(20)6-7-18(16)23(25)26/h2-7,10-11H,8-9H2,1H3,(H,21,24). The number of nitro benzene ring substituents is 1. The van der Waals surface area contributed by atoms with Gasteiger partial charge in [-0.15, -0.1) is 11.3 Å². The quantitative estimate of drug-likeness (QED) is 0.481. The second-order valence-corrected chi connectivity index (χ2v) is 7.37. The molecule has 0 spiro atoms. The van der Waals surface area contributed by atoms with E-state index in [1.165, 1.54) is 18.2 Å². The fraction of sp³-hybridized carbons (Fsp3) is 0.158. The van der Waals surface area contributed by atoms with Gasteiger partial charge in [-0.3, -0.25) is 14.9 Å². The molecule has 1 heterocycles. The Kier molecular flexibility index (Phi) is 5.83. The minimum Gasteiger partial charge on any atom is -0.351 e. The summed E-state index contributed by atoms with van der Waals surface area (Å²) in [5, 5.41) is 17.1. The number of halogens is 1. The van der Waals surface area contributed by atoms with Gasteiger partial charge in [-0.25, -0.2) is 4.98 Å². The van der Waals surface area contributed by atoms with Crippen LogP contribution in [0.2, 0.25) is 5.02 Å². The molecule has 1 amide bonds. The van der Waals surface area contributed by atoms with Crippen LogP contribution in [-0.2, 0) is 6.42 Å². The largest absolute Gasteiger partial charge is 0.351 e. The minimum absolute atomic E-state index is 0.0400. The first-order chi connectivity index (χ1) is 12.9. The predicted molar refractivity (Wildman–Crippen MR) is 106 cm³/mol. The lowest BCUT2D eigenvalue weighted by Crippen LogP contribution is -2.26. The number of nitrogens with one attached hydrogen (secondary N) is 1. The van der Waals surface area contributed by atoms with Crippen molar-refractivity contribution in [3.63, 3.8) is 0 Å². The second-order valence-electron chi connectivity index (χ2n) is 5.87. The van der Waals surface area contributed by atoms with Crippen molar-refractivity contribution < 1.29 is 9.72 Å². The third kappa shape index (κ3) is 4.69. The van der Waals surface area contributed by atoms with Crippen molar-refractivity contribution in [3.05, 3.63) is 79.1 Å². The number of amides is 1. The fourth-order valence-electron chi connectivity index (χ4n) is 2.60. The van der Waals surface area contributed by atoms with Crippen molar-refractivity contribution in [1.29, 1.82) is 0 Å². The van der Waals surface area contributed by atoms with Crippen LogP contribution in [0, 0.1) is 17.0 Å². The maximum Gasteiger partial charge on any atom is 0.282 e. The highest BCUT2D eigenvalue weighted by Gasteiger charge is 2.20. The van der Waals surface area contributed by atoms with E-state index in [9.17, 15) is 14.9 Å². The van der Waals surface area contributed by atoms with Crippen LogP contribution in [0.15, 0.2) is 47.8 Å². The van der Waals surface area contributed by atoms with Gasteiger partial charge in [0.25, 0.3) is 11.6 Å². The zero-order chi connectivity index (χ0) is 19.4. The van der Waals surface area contributed by atoms with Crippen molar-refractivity contribution in [2.24, 2.45) is 0 Å². The number of hydrogen-bond acceptors (Lipinski definition) is 5. The van der Waals surface area contributed by atoms with Crippen LogP contribution in [0.4, 0.5) is 5.69 Å². The highest BCUT2D eigenvalue weighted by molar-refractivity contribution is 7.09. The number of nitrogens with zero attached hydrogens (tertiary/aromatic N) is 2. The number of carbonyl (C=O) groups excluding carboxylic acids is 1. The van der Waals surface area contributed by atoms with E-state index in [1.807, 2.05) is 36.6 Å². The molecule has 0 aliphatic rings. The Labute approximate surface area is 165 Å². The van der Waals surface area contributed by atoms with Gasteiger partial charge in [-0.05, 0) is 31.0 Å². The molecule has 0 bridgehead atoms. The van der Waals surface area contributed by atoms with Crippen LogP contribution in [0.3, 0.4) is 0 Å². The molecule has 6 nitrogen and oxygen atoms in total. The number of carbonyl (C=O) groups is 1. The number of aromatic nitrogens is 1. The summed E-state index contributed by atoms with van der Waals surface area (Å²) in [6.45, 7) is 2.33. The second kappa shape index (κ2) is 8.28. The third-order valence-corrected chi connectivity index (χ3v) is 4.98. The molecule has 1 aromatic heterocycles. The van der Waals surface area contributed by atoms with Crippen LogP contribution in [-0.4, -0.2) is 22.4 Å². The average Bonchev–Trinajstić information content (AvgIpc) is 3.08. The van der Waals surface area contributed by atoms with Gasteiger partial charge in [0, 0.05) is 28.6 Å². The lowest BCUT2D eigenvalue weighted by atomic mass is 10.1. The van der Waals surface area contributed by atoms with Crippen molar-refractivity contribution in [2.75, 3.05) is 6.54 Å². The van der Waals surface area contributed by atoms with Crippen molar-refractivity contribution in [3.8, 4) is 11.3 Å². The molecule has 0 aliphatic carbocycles. The maximum atomic E-state index is 12.3. The van der Waals surface area contributed by atoms with E-state index in [-0.39, 0.29) is 16.3 Å². The van der Waals surface area contributed by atoms with Crippen LogP contribution in [0.25, 0.3) is 11.3 Å². The van der Waals surface area contributed by atoms with Gasteiger partial charge in [0.2, 0.25) is 0 Å². The fourth-order valence-corrected chi connectivity index (χ4v) is 3.40.